The van der Waals surface area contributed by atoms with Crippen LogP contribution in [-0.2, 0) is 11.2 Å². The van der Waals surface area contributed by atoms with Crippen LogP contribution in [-0.4, -0.2) is 9.17 Å². The first-order valence-electron chi connectivity index (χ1n) is 3.57. The van der Waals surface area contributed by atoms with E-state index in [0.717, 1.165) is 5.56 Å². The average Bonchev–Trinajstić information content (AvgIpc) is 2.06. The molecule has 0 fully saturated rings. The molecule has 0 aliphatic carbocycles. The molecule has 0 aromatic heterocycles. The van der Waals surface area contributed by atoms with Gasteiger partial charge in [-0.3, -0.25) is 4.79 Å². The van der Waals surface area contributed by atoms with Crippen LogP contribution in [0.25, 0.3) is 0 Å². The quantitative estimate of drug-likeness (QED) is 0.476. The first-order chi connectivity index (χ1) is 5.70. The third-order valence-electron chi connectivity index (χ3n) is 1.50. The van der Waals surface area contributed by atoms with E-state index in [1.807, 2.05) is 30.3 Å². The summed E-state index contributed by atoms with van der Waals surface area (Å²) in [5.41, 5.74) is 1.14. The molecule has 0 amide bonds. The fraction of sp³-hybridized carbons (Fsp3) is 0.222. The van der Waals surface area contributed by atoms with Crippen LogP contribution in [0.3, 0.4) is 0 Å². The van der Waals surface area contributed by atoms with Crippen molar-refractivity contribution in [3.05, 3.63) is 35.9 Å². The van der Waals surface area contributed by atoms with Crippen LogP contribution in [0.4, 0.5) is 0 Å². The molecule has 1 rings (SSSR count). The zero-order valence-corrected chi connectivity index (χ0v) is 9.25. The summed E-state index contributed by atoms with van der Waals surface area (Å²) in [5.74, 6) is 0. The van der Waals surface area contributed by atoms with Crippen molar-refractivity contribution in [3.8, 4) is 0 Å². The lowest BCUT2D eigenvalue weighted by atomic mass is 10.1. The Kier molecular flexibility index (Phi) is 4.01. The highest BCUT2D eigenvalue weighted by molar-refractivity contribution is 14.1. The molecule has 1 aromatic rings. The third-order valence-corrected chi connectivity index (χ3v) is 3.14. The number of alkyl halides is 1. The summed E-state index contributed by atoms with van der Waals surface area (Å²) in [7, 11) is 0. The van der Waals surface area contributed by atoms with Gasteiger partial charge in [0.05, 0.1) is 3.92 Å². The minimum atomic E-state index is -0.278. The van der Waals surface area contributed by atoms with E-state index in [0.29, 0.717) is 6.42 Å². The lowest BCUT2D eigenvalue weighted by molar-refractivity contribution is -0.110. The summed E-state index contributed by atoms with van der Waals surface area (Å²) in [6.07, 6.45) is 0.712. The van der Waals surface area contributed by atoms with Gasteiger partial charge in [0.15, 0.2) is 0 Å². The molecule has 12 heavy (non-hydrogen) atoms. The predicted molar refractivity (Wildman–Crippen MR) is 58.8 cm³/mol. The SMILES string of the molecule is O=C(Cl)C(I)Cc1ccccc1. The summed E-state index contributed by atoms with van der Waals surface area (Å²) >= 11 is 7.39. The highest BCUT2D eigenvalue weighted by Gasteiger charge is 2.11. The van der Waals surface area contributed by atoms with Crippen molar-refractivity contribution in [3.63, 3.8) is 0 Å². The van der Waals surface area contributed by atoms with E-state index < -0.39 is 0 Å². The van der Waals surface area contributed by atoms with Gasteiger partial charge in [-0.25, -0.2) is 0 Å². The molecule has 0 heterocycles. The molecule has 64 valence electrons. The lowest BCUT2D eigenvalue weighted by Gasteiger charge is -2.03. The van der Waals surface area contributed by atoms with Gasteiger partial charge < -0.3 is 0 Å². The molecule has 0 spiro atoms. The Labute approximate surface area is 90.3 Å². The van der Waals surface area contributed by atoms with Gasteiger partial charge in [0, 0.05) is 0 Å². The van der Waals surface area contributed by atoms with Crippen LogP contribution in [0.1, 0.15) is 5.56 Å². The number of hydrogen-bond acceptors (Lipinski definition) is 1. The standard InChI is InChI=1S/C9H8ClIO/c10-9(12)8(11)6-7-4-2-1-3-5-7/h1-5,8H,6H2. The van der Waals surface area contributed by atoms with Crippen molar-refractivity contribution in [2.45, 2.75) is 10.3 Å². The fourth-order valence-electron chi connectivity index (χ4n) is 0.901. The molecule has 0 bridgehead atoms. The maximum Gasteiger partial charge on any atom is 0.234 e. The molecule has 3 heteroatoms. The van der Waals surface area contributed by atoms with E-state index in [1.165, 1.54) is 0 Å². The van der Waals surface area contributed by atoms with Crippen LogP contribution in [0, 0.1) is 0 Å². The monoisotopic (exact) mass is 294 g/mol. The molecule has 1 atom stereocenters. The first-order valence-corrected chi connectivity index (χ1v) is 5.20. The van der Waals surface area contributed by atoms with Crippen LogP contribution in [0.5, 0.6) is 0 Å². The minimum Gasteiger partial charge on any atom is -0.280 e. The third kappa shape index (κ3) is 3.11. The molecular weight excluding hydrogens is 286 g/mol. The van der Waals surface area contributed by atoms with Gasteiger partial charge in [-0.15, -0.1) is 0 Å². The summed E-state index contributed by atoms with van der Waals surface area (Å²) in [5, 5.41) is -0.278. The van der Waals surface area contributed by atoms with Gasteiger partial charge in [0.2, 0.25) is 5.24 Å². The van der Waals surface area contributed by atoms with Gasteiger partial charge >= 0.3 is 0 Å². The maximum absolute atomic E-state index is 10.7. The van der Waals surface area contributed by atoms with Gasteiger partial charge in [0.1, 0.15) is 0 Å². The number of halogens is 2. The molecule has 1 unspecified atom stereocenters. The van der Waals surface area contributed by atoms with Crippen molar-refractivity contribution < 1.29 is 4.79 Å². The number of benzene rings is 1. The number of carbonyl (C=O) groups is 1. The Morgan fingerprint density at radius 3 is 2.50 bits per heavy atom. The summed E-state index contributed by atoms with van der Waals surface area (Å²) in [6, 6.07) is 9.85. The molecule has 0 aliphatic rings. The topological polar surface area (TPSA) is 17.1 Å². The average molecular weight is 295 g/mol. The summed E-state index contributed by atoms with van der Waals surface area (Å²) in [6.45, 7) is 0. The van der Waals surface area contributed by atoms with E-state index >= 15 is 0 Å². The smallest absolute Gasteiger partial charge is 0.234 e. The second-order valence-corrected chi connectivity index (χ2v) is 4.34. The molecular formula is C9H8ClIO. The molecule has 1 nitrogen and oxygen atoms in total. The van der Waals surface area contributed by atoms with E-state index in [9.17, 15) is 4.79 Å². The Morgan fingerprint density at radius 1 is 1.42 bits per heavy atom. The number of rotatable bonds is 3. The zero-order chi connectivity index (χ0) is 8.97. The molecule has 0 aliphatic heterocycles. The van der Waals surface area contributed by atoms with Gasteiger partial charge in [-0.1, -0.05) is 52.9 Å². The lowest BCUT2D eigenvalue weighted by Crippen LogP contribution is -2.09. The fourth-order valence-corrected chi connectivity index (χ4v) is 1.49. The highest BCUT2D eigenvalue weighted by atomic mass is 127. The van der Waals surface area contributed by atoms with E-state index in [1.54, 1.807) is 0 Å². The second kappa shape index (κ2) is 4.82. The predicted octanol–water partition coefficient (Wildman–Crippen LogP) is 2.80. The molecule has 0 saturated heterocycles. The van der Waals surface area contributed by atoms with Crippen molar-refractivity contribution in [2.75, 3.05) is 0 Å². The van der Waals surface area contributed by atoms with E-state index in [-0.39, 0.29) is 9.17 Å². The first kappa shape index (κ1) is 9.99. The summed E-state index contributed by atoms with van der Waals surface area (Å²) < 4.78 is -0.119. The molecule has 0 radical (unpaired) electrons. The Hall–Kier alpha value is -0.0900. The molecule has 1 aromatic carbocycles. The van der Waals surface area contributed by atoms with E-state index in [2.05, 4.69) is 22.6 Å². The van der Waals surface area contributed by atoms with Gasteiger partial charge in [-0.2, -0.15) is 0 Å². The number of hydrogen-bond donors (Lipinski definition) is 0. The van der Waals surface area contributed by atoms with Gasteiger partial charge in [0.25, 0.3) is 0 Å². The van der Waals surface area contributed by atoms with Gasteiger partial charge in [-0.05, 0) is 23.6 Å². The van der Waals surface area contributed by atoms with Crippen molar-refractivity contribution in [2.24, 2.45) is 0 Å². The Morgan fingerprint density at radius 2 is 2.00 bits per heavy atom. The van der Waals surface area contributed by atoms with Crippen LogP contribution in [0.15, 0.2) is 30.3 Å². The molecule has 0 saturated carbocycles. The van der Waals surface area contributed by atoms with Crippen molar-refractivity contribution in [1.82, 2.24) is 0 Å². The Bertz CT molecular complexity index is 260. The van der Waals surface area contributed by atoms with Crippen LogP contribution in [0.2, 0.25) is 0 Å². The normalized spacial score (nSPS) is 12.5. The number of carbonyl (C=O) groups excluding carboxylic acids is 1. The second-order valence-electron chi connectivity index (χ2n) is 2.46. The van der Waals surface area contributed by atoms with Crippen molar-refractivity contribution in [1.29, 1.82) is 0 Å². The zero-order valence-electron chi connectivity index (χ0n) is 6.34. The van der Waals surface area contributed by atoms with E-state index in [4.69, 9.17) is 11.6 Å². The summed E-state index contributed by atoms with van der Waals surface area (Å²) in [4.78, 5) is 10.7. The highest BCUT2D eigenvalue weighted by Crippen LogP contribution is 2.12. The van der Waals surface area contributed by atoms with Crippen LogP contribution < -0.4 is 0 Å². The van der Waals surface area contributed by atoms with Crippen LogP contribution >= 0.6 is 34.2 Å². The minimum absolute atomic E-state index is 0.119. The maximum atomic E-state index is 10.7. The largest absolute Gasteiger partial charge is 0.280 e. The van der Waals surface area contributed by atoms with Crippen molar-refractivity contribution >= 4 is 39.4 Å². The molecule has 0 N–H and O–H groups in total. The Balaban J connectivity index is 2.58.